The Hall–Kier alpha value is -2.94. The Labute approximate surface area is 162 Å². The Morgan fingerprint density at radius 3 is 2.30 bits per heavy atom. The van der Waals surface area contributed by atoms with E-state index in [0.29, 0.717) is 6.61 Å². The van der Waals surface area contributed by atoms with E-state index in [-0.39, 0.29) is 0 Å². The third-order valence-corrected chi connectivity index (χ3v) is 4.33. The Morgan fingerprint density at radius 1 is 0.778 bits per heavy atom. The summed E-state index contributed by atoms with van der Waals surface area (Å²) in [5, 5.41) is 3.44. The second kappa shape index (κ2) is 10.3. The van der Waals surface area contributed by atoms with E-state index in [0.717, 1.165) is 48.7 Å². The Bertz CT molecular complexity index is 800. The van der Waals surface area contributed by atoms with Crippen LogP contribution in [0.1, 0.15) is 24.5 Å². The van der Waals surface area contributed by atoms with Gasteiger partial charge in [-0.15, -0.1) is 0 Å². The molecule has 3 rings (SSSR count). The van der Waals surface area contributed by atoms with E-state index in [4.69, 9.17) is 9.47 Å². The first-order valence-electron chi connectivity index (χ1n) is 9.56. The predicted octanol–water partition coefficient (Wildman–Crippen LogP) is 5.71. The number of ether oxygens (including phenoxy) is 2. The highest BCUT2D eigenvalue weighted by molar-refractivity contribution is 5.48. The van der Waals surface area contributed by atoms with Crippen molar-refractivity contribution >= 4 is 5.69 Å². The molecule has 140 valence electrons. The highest BCUT2D eigenvalue weighted by atomic mass is 16.5. The van der Waals surface area contributed by atoms with Crippen LogP contribution in [0, 0.1) is 0 Å². The van der Waals surface area contributed by atoms with Gasteiger partial charge in [0, 0.05) is 17.8 Å². The number of rotatable bonds is 10. The average molecular weight is 361 g/mol. The van der Waals surface area contributed by atoms with Gasteiger partial charge in [-0.05, 0) is 55.7 Å². The Morgan fingerprint density at radius 2 is 1.52 bits per heavy atom. The number of anilines is 1. The van der Waals surface area contributed by atoms with Gasteiger partial charge in [-0.25, -0.2) is 0 Å². The lowest BCUT2D eigenvalue weighted by atomic mass is 10.1. The van der Waals surface area contributed by atoms with Crippen LogP contribution in [0.2, 0.25) is 0 Å². The number of nitrogens with one attached hydrogen (secondary N) is 1. The van der Waals surface area contributed by atoms with Crippen LogP contribution < -0.4 is 14.8 Å². The van der Waals surface area contributed by atoms with Crippen LogP contribution in [0.15, 0.2) is 78.9 Å². The van der Waals surface area contributed by atoms with Crippen molar-refractivity contribution in [3.63, 3.8) is 0 Å². The van der Waals surface area contributed by atoms with E-state index in [1.807, 2.05) is 43.3 Å². The van der Waals surface area contributed by atoms with Gasteiger partial charge in [-0.2, -0.15) is 0 Å². The van der Waals surface area contributed by atoms with Crippen LogP contribution in [0.25, 0.3) is 0 Å². The quantitative estimate of drug-likeness (QED) is 0.469. The molecular formula is C24H27NO2. The lowest BCUT2D eigenvalue weighted by Crippen LogP contribution is -2.03. The van der Waals surface area contributed by atoms with Gasteiger partial charge in [-0.3, -0.25) is 0 Å². The molecule has 0 aliphatic heterocycles. The third kappa shape index (κ3) is 6.07. The van der Waals surface area contributed by atoms with E-state index >= 15 is 0 Å². The average Bonchev–Trinajstić information content (AvgIpc) is 2.72. The number of benzene rings is 3. The van der Waals surface area contributed by atoms with E-state index in [1.54, 1.807) is 0 Å². The van der Waals surface area contributed by atoms with Crippen molar-refractivity contribution in [3.05, 3.63) is 90.0 Å². The molecule has 27 heavy (non-hydrogen) atoms. The molecule has 3 aromatic carbocycles. The summed E-state index contributed by atoms with van der Waals surface area (Å²) in [6.07, 6.45) is 2.05. The summed E-state index contributed by atoms with van der Waals surface area (Å²) in [6.45, 7) is 4.13. The topological polar surface area (TPSA) is 30.5 Å². The smallest absolute Gasteiger partial charge is 0.124 e. The zero-order valence-corrected chi connectivity index (χ0v) is 15.9. The maximum Gasteiger partial charge on any atom is 0.124 e. The summed E-state index contributed by atoms with van der Waals surface area (Å²) in [4.78, 5) is 0. The molecule has 3 aromatic rings. The van der Waals surface area contributed by atoms with Gasteiger partial charge < -0.3 is 14.8 Å². The molecule has 0 saturated heterocycles. The van der Waals surface area contributed by atoms with Crippen molar-refractivity contribution < 1.29 is 9.47 Å². The normalized spacial score (nSPS) is 10.4. The molecule has 0 heterocycles. The summed E-state index contributed by atoms with van der Waals surface area (Å²) in [7, 11) is 0. The minimum absolute atomic E-state index is 0.674. The van der Waals surface area contributed by atoms with Crippen molar-refractivity contribution in [2.75, 3.05) is 18.5 Å². The van der Waals surface area contributed by atoms with Gasteiger partial charge in [0.25, 0.3) is 0 Å². The van der Waals surface area contributed by atoms with Crippen molar-refractivity contribution in [2.24, 2.45) is 0 Å². The minimum atomic E-state index is 0.674. The first-order valence-corrected chi connectivity index (χ1v) is 9.56. The largest absolute Gasteiger partial charge is 0.494 e. The lowest BCUT2D eigenvalue weighted by Gasteiger charge is -2.12. The van der Waals surface area contributed by atoms with Crippen molar-refractivity contribution in [2.45, 2.75) is 26.3 Å². The summed E-state index contributed by atoms with van der Waals surface area (Å²) >= 11 is 0. The zero-order chi connectivity index (χ0) is 18.7. The van der Waals surface area contributed by atoms with Gasteiger partial charge in [0.15, 0.2) is 0 Å². The molecule has 1 N–H and O–H groups in total. The van der Waals surface area contributed by atoms with Crippen molar-refractivity contribution in [3.8, 4) is 11.5 Å². The van der Waals surface area contributed by atoms with Gasteiger partial charge >= 0.3 is 0 Å². The molecule has 0 unspecified atom stereocenters. The van der Waals surface area contributed by atoms with E-state index in [9.17, 15) is 0 Å². The molecule has 0 atom stereocenters. The van der Waals surface area contributed by atoms with Crippen LogP contribution in [-0.4, -0.2) is 13.2 Å². The van der Waals surface area contributed by atoms with Gasteiger partial charge in [0.2, 0.25) is 0 Å². The van der Waals surface area contributed by atoms with Crippen LogP contribution in [-0.2, 0) is 13.0 Å². The molecule has 0 aliphatic carbocycles. The molecule has 3 heteroatoms. The number of para-hydroxylation sites is 1. The van der Waals surface area contributed by atoms with E-state index < -0.39 is 0 Å². The number of hydrogen-bond donors (Lipinski definition) is 1. The molecule has 0 amide bonds. The second-order valence-corrected chi connectivity index (χ2v) is 6.36. The molecule has 0 saturated carbocycles. The maximum atomic E-state index is 5.85. The van der Waals surface area contributed by atoms with Crippen LogP contribution in [0.5, 0.6) is 11.5 Å². The van der Waals surface area contributed by atoms with Gasteiger partial charge in [-0.1, -0.05) is 48.5 Å². The van der Waals surface area contributed by atoms with Crippen LogP contribution >= 0.6 is 0 Å². The SMILES string of the molecule is CCOc1ccccc1CNc1ccc(OCCCc2ccccc2)cc1. The van der Waals surface area contributed by atoms with Gasteiger partial charge in [0.1, 0.15) is 11.5 Å². The summed E-state index contributed by atoms with van der Waals surface area (Å²) in [6, 6.07) is 26.8. The molecule has 3 nitrogen and oxygen atoms in total. The highest BCUT2D eigenvalue weighted by Gasteiger charge is 2.02. The fourth-order valence-corrected chi connectivity index (χ4v) is 2.92. The minimum Gasteiger partial charge on any atom is -0.494 e. The predicted molar refractivity (Wildman–Crippen MR) is 112 cm³/mol. The van der Waals surface area contributed by atoms with Gasteiger partial charge in [0.05, 0.1) is 13.2 Å². The molecule has 0 aromatic heterocycles. The third-order valence-electron chi connectivity index (χ3n) is 4.33. The van der Waals surface area contributed by atoms with Crippen molar-refractivity contribution in [1.82, 2.24) is 0 Å². The second-order valence-electron chi connectivity index (χ2n) is 6.36. The Kier molecular flexibility index (Phi) is 7.16. The zero-order valence-electron chi connectivity index (χ0n) is 15.9. The molecule has 0 aliphatic rings. The fourth-order valence-electron chi connectivity index (χ4n) is 2.92. The highest BCUT2D eigenvalue weighted by Crippen LogP contribution is 2.21. The van der Waals surface area contributed by atoms with E-state index in [1.165, 1.54) is 5.56 Å². The first-order chi connectivity index (χ1) is 13.3. The number of aryl methyl sites for hydroxylation is 1. The van der Waals surface area contributed by atoms with E-state index in [2.05, 4.69) is 47.8 Å². The summed E-state index contributed by atoms with van der Waals surface area (Å²) < 4.78 is 11.5. The molecule has 0 bridgehead atoms. The van der Waals surface area contributed by atoms with Crippen LogP contribution in [0.4, 0.5) is 5.69 Å². The molecule has 0 radical (unpaired) electrons. The maximum absolute atomic E-state index is 5.85. The van der Waals surface area contributed by atoms with Crippen molar-refractivity contribution in [1.29, 1.82) is 0 Å². The number of hydrogen-bond acceptors (Lipinski definition) is 3. The summed E-state index contributed by atoms with van der Waals surface area (Å²) in [5.41, 5.74) is 3.58. The Balaban J connectivity index is 1.43. The monoisotopic (exact) mass is 361 g/mol. The molecular weight excluding hydrogens is 334 g/mol. The van der Waals surface area contributed by atoms with Crippen LogP contribution in [0.3, 0.4) is 0 Å². The summed E-state index contributed by atoms with van der Waals surface area (Å²) in [5.74, 6) is 1.84. The first kappa shape index (κ1) is 18.8. The standard InChI is InChI=1S/C24H27NO2/c1-2-26-24-13-7-6-12-21(24)19-25-22-14-16-23(17-15-22)27-18-8-11-20-9-4-3-5-10-20/h3-7,9-10,12-17,25H,2,8,11,18-19H2,1H3. The molecule has 0 fully saturated rings. The molecule has 0 spiro atoms. The fraction of sp³-hybridized carbons (Fsp3) is 0.250. The lowest BCUT2D eigenvalue weighted by molar-refractivity contribution is 0.311.